The third-order valence-corrected chi connectivity index (χ3v) is 6.72. The highest BCUT2D eigenvalue weighted by Crippen LogP contribution is 2.38. The van der Waals surface area contributed by atoms with Gasteiger partial charge >= 0.3 is 0 Å². The van der Waals surface area contributed by atoms with Crippen molar-refractivity contribution < 1.29 is 5.11 Å². The number of aliphatic hydroxyl groups is 1. The first kappa shape index (κ1) is 21.7. The predicted octanol–water partition coefficient (Wildman–Crippen LogP) is 5.75. The van der Waals surface area contributed by atoms with Gasteiger partial charge in [0.15, 0.2) is 0 Å². The van der Waals surface area contributed by atoms with Crippen LogP contribution in [0.1, 0.15) is 75.1 Å². The molecule has 4 rings (SSSR count). The number of hydrogen-bond donors (Lipinski definition) is 2. The number of rotatable bonds is 6. The van der Waals surface area contributed by atoms with Crippen LogP contribution in [-0.4, -0.2) is 21.1 Å². The van der Waals surface area contributed by atoms with Crippen LogP contribution >= 0.6 is 0 Å². The minimum atomic E-state index is -0.698. The summed E-state index contributed by atoms with van der Waals surface area (Å²) in [5, 5.41) is 15.0. The Morgan fingerprint density at radius 3 is 2.00 bits per heavy atom. The molecule has 0 amide bonds. The van der Waals surface area contributed by atoms with Crippen molar-refractivity contribution in [3.63, 3.8) is 0 Å². The molecule has 2 N–H and O–H groups in total. The Hall–Kier alpha value is -2.56. The van der Waals surface area contributed by atoms with E-state index in [2.05, 4.69) is 84.6 Å². The van der Waals surface area contributed by atoms with Gasteiger partial charge in [0.2, 0.25) is 0 Å². The van der Waals surface area contributed by atoms with Gasteiger partial charge in [0.25, 0.3) is 0 Å². The zero-order chi connectivity index (χ0) is 21.8. The van der Waals surface area contributed by atoms with Crippen molar-refractivity contribution in [2.24, 2.45) is 0 Å². The minimum Gasteiger partial charge on any atom is -0.385 e. The fourth-order valence-corrected chi connectivity index (χ4v) is 4.59. The molecule has 1 atom stereocenters. The van der Waals surface area contributed by atoms with Crippen LogP contribution in [-0.2, 0) is 5.60 Å². The van der Waals surface area contributed by atoms with Gasteiger partial charge in [-0.15, -0.1) is 0 Å². The second-order valence-electron chi connectivity index (χ2n) is 9.22. The monoisotopic (exact) mass is 415 g/mol. The summed E-state index contributed by atoms with van der Waals surface area (Å²) in [7, 11) is 0. The highest BCUT2D eigenvalue weighted by atomic mass is 16.3. The summed E-state index contributed by atoms with van der Waals surface area (Å²) in [6, 6.07) is 17.9. The molecule has 0 radical (unpaired) electrons. The largest absolute Gasteiger partial charge is 0.385 e. The Kier molecular flexibility index (Phi) is 6.49. The fourth-order valence-electron chi connectivity index (χ4n) is 4.59. The second kappa shape index (κ2) is 9.29. The molecule has 162 valence electrons. The van der Waals surface area contributed by atoms with Gasteiger partial charge in [0, 0.05) is 30.0 Å². The molecule has 31 heavy (non-hydrogen) atoms. The van der Waals surface area contributed by atoms with E-state index in [-0.39, 0.29) is 6.04 Å². The van der Waals surface area contributed by atoms with E-state index in [1.54, 1.807) is 6.33 Å². The molecule has 0 bridgehead atoms. The third-order valence-electron chi connectivity index (χ3n) is 6.72. The fraction of sp³-hybridized carbons (Fsp3) is 0.407. The molecule has 2 aromatic carbocycles. The zero-order valence-corrected chi connectivity index (χ0v) is 18.8. The molecule has 0 saturated heterocycles. The van der Waals surface area contributed by atoms with E-state index in [0.717, 1.165) is 42.4 Å². The summed E-state index contributed by atoms with van der Waals surface area (Å²) in [5.74, 6) is 0.514. The molecule has 0 aliphatic heterocycles. The Balaban J connectivity index is 1.34. The van der Waals surface area contributed by atoms with E-state index in [0.29, 0.717) is 12.0 Å². The summed E-state index contributed by atoms with van der Waals surface area (Å²) in [6.45, 7) is 6.61. The van der Waals surface area contributed by atoms with Gasteiger partial charge in [-0.25, -0.2) is 9.97 Å². The molecule has 1 aromatic heterocycles. The highest BCUT2D eigenvalue weighted by molar-refractivity contribution is 5.61. The van der Waals surface area contributed by atoms with Crippen LogP contribution < -0.4 is 5.32 Å². The van der Waals surface area contributed by atoms with E-state index in [4.69, 9.17) is 0 Å². The molecule has 0 unspecified atom stereocenters. The molecular formula is C27H33N3O. The summed E-state index contributed by atoms with van der Waals surface area (Å²) in [4.78, 5) is 8.19. The molecule has 1 aliphatic rings. The van der Waals surface area contributed by atoms with Crippen LogP contribution in [0.15, 0.2) is 67.3 Å². The van der Waals surface area contributed by atoms with Gasteiger partial charge in [0.05, 0.1) is 5.60 Å². The maximum atomic E-state index is 11.2. The molecule has 1 saturated carbocycles. The van der Waals surface area contributed by atoms with Crippen LogP contribution in [0.3, 0.4) is 0 Å². The van der Waals surface area contributed by atoms with Crippen molar-refractivity contribution in [2.45, 2.75) is 70.1 Å². The number of benzene rings is 2. The first-order valence-electron chi connectivity index (χ1n) is 11.4. The Bertz CT molecular complexity index is 960. The van der Waals surface area contributed by atoms with E-state index in [1.165, 1.54) is 11.1 Å². The average molecular weight is 416 g/mol. The van der Waals surface area contributed by atoms with Gasteiger partial charge in [0.1, 0.15) is 6.33 Å². The molecule has 3 aromatic rings. The Labute approximate surface area is 185 Å². The summed E-state index contributed by atoms with van der Waals surface area (Å²) < 4.78 is 0. The van der Waals surface area contributed by atoms with Crippen LogP contribution in [0, 0.1) is 0 Å². The lowest BCUT2D eigenvalue weighted by molar-refractivity contribution is -0.00924. The van der Waals surface area contributed by atoms with Crippen molar-refractivity contribution in [1.82, 2.24) is 15.3 Å². The normalized spacial score (nSPS) is 22.4. The minimum absolute atomic E-state index is 0.266. The average Bonchev–Trinajstić information content (AvgIpc) is 2.81. The lowest BCUT2D eigenvalue weighted by Crippen LogP contribution is -2.40. The molecular weight excluding hydrogens is 382 g/mol. The van der Waals surface area contributed by atoms with Gasteiger partial charge in [-0.2, -0.15) is 0 Å². The number of aromatic nitrogens is 2. The van der Waals surface area contributed by atoms with Crippen molar-refractivity contribution >= 4 is 0 Å². The number of nitrogens with one attached hydrogen (secondary N) is 1. The topological polar surface area (TPSA) is 58.0 Å². The molecule has 1 fully saturated rings. The molecule has 1 aliphatic carbocycles. The second-order valence-corrected chi connectivity index (χ2v) is 9.22. The molecule has 4 heteroatoms. The predicted molar refractivity (Wildman–Crippen MR) is 126 cm³/mol. The van der Waals surface area contributed by atoms with Gasteiger partial charge < -0.3 is 10.4 Å². The van der Waals surface area contributed by atoms with E-state index in [1.807, 2.05) is 12.4 Å². The smallest absolute Gasteiger partial charge is 0.115 e. The van der Waals surface area contributed by atoms with Crippen molar-refractivity contribution in [2.75, 3.05) is 0 Å². The van der Waals surface area contributed by atoms with Crippen molar-refractivity contribution in [3.05, 3.63) is 83.9 Å². The van der Waals surface area contributed by atoms with Gasteiger partial charge in [-0.1, -0.05) is 62.4 Å². The van der Waals surface area contributed by atoms with Crippen LogP contribution in [0.5, 0.6) is 0 Å². The van der Waals surface area contributed by atoms with E-state index < -0.39 is 5.60 Å². The Morgan fingerprint density at radius 2 is 1.42 bits per heavy atom. The maximum absolute atomic E-state index is 11.2. The van der Waals surface area contributed by atoms with Crippen LogP contribution in [0.2, 0.25) is 0 Å². The molecule has 1 heterocycles. The molecule has 4 nitrogen and oxygen atoms in total. The number of hydrogen-bond acceptors (Lipinski definition) is 4. The Morgan fingerprint density at radius 1 is 0.839 bits per heavy atom. The van der Waals surface area contributed by atoms with E-state index >= 15 is 0 Å². The molecule has 0 spiro atoms. The lowest BCUT2D eigenvalue weighted by atomic mass is 9.77. The summed E-state index contributed by atoms with van der Waals surface area (Å²) in [6.07, 6.45) is 8.78. The standard InChI is InChI=1S/C27H33N3O/c1-19(2)21-8-10-25(11-9-21)27(31)14-12-26(13-15-27)30-20(3)22-4-6-23(7-5-22)24-16-28-18-29-17-24/h4-11,16-20,26,30-31H,12-15H2,1-3H3/t20-,26?,27?/m1/s1. The lowest BCUT2D eigenvalue weighted by Gasteiger charge is -2.38. The van der Waals surface area contributed by atoms with Crippen LogP contribution in [0.4, 0.5) is 0 Å². The van der Waals surface area contributed by atoms with Crippen molar-refractivity contribution in [1.29, 1.82) is 0 Å². The maximum Gasteiger partial charge on any atom is 0.115 e. The van der Waals surface area contributed by atoms with Gasteiger partial charge in [-0.05, 0) is 60.8 Å². The first-order valence-corrected chi connectivity index (χ1v) is 11.4. The van der Waals surface area contributed by atoms with E-state index in [9.17, 15) is 5.11 Å². The highest BCUT2D eigenvalue weighted by Gasteiger charge is 2.35. The number of nitrogens with zero attached hydrogens (tertiary/aromatic N) is 2. The first-order chi connectivity index (χ1) is 14.9. The summed E-state index contributed by atoms with van der Waals surface area (Å²) >= 11 is 0. The quantitative estimate of drug-likeness (QED) is 0.538. The van der Waals surface area contributed by atoms with Gasteiger partial charge in [-0.3, -0.25) is 0 Å². The SMILES string of the molecule is CC(C)c1ccc(C2(O)CCC(N[C@H](C)c3ccc(-c4cncnc4)cc3)CC2)cc1. The zero-order valence-electron chi connectivity index (χ0n) is 18.8. The van der Waals surface area contributed by atoms with Crippen molar-refractivity contribution in [3.8, 4) is 11.1 Å². The third kappa shape index (κ3) is 5.03. The van der Waals surface area contributed by atoms with Crippen LogP contribution in [0.25, 0.3) is 11.1 Å². The summed E-state index contributed by atoms with van der Waals surface area (Å²) in [5.41, 5.74) is 5.11.